The molecule has 0 N–H and O–H groups in total. The second-order valence-corrected chi connectivity index (χ2v) is 7.51. The first-order valence-corrected chi connectivity index (χ1v) is 8.16. The summed E-state index contributed by atoms with van der Waals surface area (Å²) in [6.45, 7) is 3.96. The van der Waals surface area contributed by atoms with Crippen molar-refractivity contribution in [3.05, 3.63) is 23.4 Å². The Morgan fingerprint density at radius 1 is 1.53 bits per heavy atom. The molecule has 0 aliphatic heterocycles. The quantitative estimate of drug-likeness (QED) is 0.282. The van der Waals surface area contributed by atoms with E-state index >= 15 is 0 Å². The lowest BCUT2D eigenvalue weighted by molar-refractivity contribution is 0.292. The number of unbranched alkanes of at least 4 members (excludes halogenated alkanes) is 1. The van der Waals surface area contributed by atoms with Crippen LogP contribution in [0.2, 0.25) is 0 Å². The van der Waals surface area contributed by atoms with E-state index in [0.717, 1.165) is 12.8 Å². The van der Waals surface area contributed by atoms with E-state index in [1.807, 2.05) is 0 Å². The van der Waals surface area contributed by atoms with Gasteiger partial charge in [-0.05, 0) is 18.2 Å². The number of halogens is 2. The number of hydrogen-bond donors (Lipinski definition) is 0. The van der Waals surface area contributed by atoms with Gasteiger partial charge >= 0.3 is 0 Å². The third kappa shape index (κ3) is 8.29. The lowest BCUT2D eigenvalue weighted by atomic mass is 10.4. The average molecular weight is 289 g/mol. The Morgan fingerprint density at radius 2 is 2.20 bits per heavy atom. The molecule has 0 saturated heterocycles. The summed E-state index contributed by atoms with van der Waals surface area (Å²) in [7, 11) is 0. The van der Waals surface area contributed by atoms with Gasteiger partial charge in [0.15, 0.2) is 0 Å². The van der Waals surface area contributed by atoms with Gasteiger partial charge in [0.1, 0.15) is 10.8 Å². The van der Waals surface area contributed by atoms with Crippen molar-refractivity contribution >= 4 is 41.5 Å². The monoisotopic (exact) mass is 288 g/mol. The van der Waals surface area contributed by atoms with Crippen molar-refractivity contribution in [1.82, 2.24) is 0 Å². The fourth-order valence-electron chi connectivity index (χ4n) is 0.752. The molecule has 1 unspecified atom stereocenters. The van der Waals surface area contributed by atoms with Gasteiger partial charge in [0.05, 0.1) is 12.8 Å². The Balaban J connectivity index is 4.25. The first-order chi connectivity index (χ1) is 7.04. The highest BCUT2D eigenvalue weighted by atomic mass is 35.5. The van der Waals surface area contributed by atoms with E-state index in [0.29, 0.717) is 12.8 Å². The molecule has 0 radical (unpaired) electrons. The minimum atomic E-state index is -2.33. The first-order valence-electron chi connectivity index (χ1n) is 4.58. The molecule has 2 nitrogen and oxygen atoms in total. The van der Waals surface area contributed by atoms with Crippen LogP contribution >= 0.6 is 29.7 Å². The van der Waals surface area contributed by atoms with Gasteiger partial charge in [-0.15, -0.1) is 6.58 Å². The molecule has 0 aromatic carbocycles. The first kappa shape index (κ1) is 15.5. The van der Waals surface area contributed by atoms with Crippen LogP contribution in [0.4, 0.5) is 0 Å². The van der Waals surface area contributed by atoms with Gasteiger partial charge < -0.3 is 9.05 Å². The zero-order valence-electron chi connectivity index (χ0n) is 8.62. The smallest absolute Gasteiger partial charge is 0.241 e. The molecule has 0 heterocycles. The molecule has 0 rings (SSSR count). The summed E-state index contributed by atoms with van der Waals surface area (Å²) in [6.07, 6.45) is 5.42. The van der Waals surface area contributed by atoms with Gasteiger partial charge in [-0.1, -0.05) is 42.6 Å². The SMILES string of the molecule is C=CCP(=S)(OC=C(Cl)Cl)OCCCC. The molecular weight excluding hydrogens is 274 g/mol. The van der Waals surface area contributed by atoms with E-state index in [2.05, 4.69) is 13.5 Å². The Morgan fingerprint density at radius 3 is 2.67 bits per heavy atom. The molecule has 88 valence electrons. The maximum absolute atomic E-state index is 5.53. The van der Waals surface area contributed by atoms with E-state index in [1.54, 1.807) is 6.08 Å². The van der Waals surface area contributed by atoms with E-state index < -0.39 is 6.49 Å². The van der Waals surface area contributed by atoms with Gasteiger partial charge in [0.2, 0.25) is 6.49 Å². The lowest BCUT2D eigenvalue weighted by Gasteiger charge is -2.19. The van der Waals surface area contributed by atoms with Crippen LogP contribution in [0.1, 0.15) is 19.8 Å². The molecule has 15 heavy (non-hydrogen) atoms. The maximum Gasteiger partial charge on any atom is 0.241 e. The Bertz CT molecular complexity index is 265. The Hall–Kier alpha value is 0.470. The molecule has 0 aliphatic carbocycles. The highest BCUT2D eigenvalue weighted by molar-refractivity contribution is 8.10. The van der Waals surface area contributed by atoms with Gasteiger partial charge in [0.25, 0.3) is 0 Å². The largest absolute Gasteiger partial charge is 0.448 e. The van der Waals surface area contributed by atoms with Crippen LogP contribution in [0.25, 0.3) is 0 Å². The number of hydrogen-bond acceptors (Lipinski definition) is 3. The minimum absolute atomic E-state index is 0.0346. The van der Waals surface area contributed by atoms with Crippen molar-refractivity contribution in [2.45, 2.75) is 19.8 Å². The van der Waals surface area contributed by atoms with Crippen LogP contribution in [0.3, 0.4) is 0 Å². The Kier molecular flexibility index (Phi) is 8.87. The van der Waals surface area contributed by atoms with E-state index in [4.69, 9.17) is 44.1 Å². The molecule has 0 amide bonds. The molecule has 0 fully saturated rings. The zero-order valence-corrected chi connectivity index (χ0v) is 11.8. The van der Waals surface area contributed by atoms with Crippen molar-refractivity contribution in [2.75, 3.05) is 12.8 Å². The summed E-state index contributed by atoms with van der Waals surface area (Å²) >= 11 is 16.1. The van der Waals surface area contributed by atoms with Crippen molar-refractivity contribution in [3.63, 3.8) is 0 Å². The summed E-state index contributed by atoms with van der Waals surface area (Å²) in [4.78, 5) is 0. The third-order valence-electron chi connectivity index (χ3n) is 1.44. The van der Waals surface area contributed by atoms with E-state index in [-0.39, 0.29) is 4.49 Å². The van der Waals surface area contributed by atoms with Crippen molar-refractivity contribution < 1.29 is 9.05 Å². The van der Waals surface area contributed by atoms with Gasteiger partial charge in [0, 0.05) is 0 Å². The number of rotatable bonds is 8. The van der Waals surface area contributed by atoms with Crippen LogP contribution < -0.4 is 0 Å². The maximum atomic E-state index is 5.53. The second-order valence-electron chi connectivity index (χ2n) is 2.78. The van der Waals surface area contributed by atoms with Crippen molar-refractivity contribution in [3.8, 4) is 0 Å². The highest BCUT2D eigenvalue weighted by Gasteiger charge is 2.16. The van der Waals surface area contributed by atoms with E-state index in [1.165, 1.54) is 6.26 Å². The van der Waals surface area contributed by atoms with Crippen LogP contribution in [0, 0.1) is 0 Å². The molecule has 0 aliphatic rings. The molecule has 0 bridgehead atoms. The Labute approximate surface area is 106 Å². The lowest BCUT2D eigenvalue weighted by Crippen LogP contribution is -1.97. The summed E-state index contributed by atoms with van der Waals surface area (Å²) in [5, 5.41) is 0. The topological polar surface area (TPSA) is 18.5 Å². The fraction of sp³-hybridized carbons (Fsp3) is 0.556. The normalized spacial score (nSPS) is 14.1. The predicted molar refractivity (Wildman–Crippen MR) is 71.1 cm³/mol. The zero-order chi connectivity index (χ0) is 11.7. The van der Waals surface area contributed by atoms with Gasteiger partial charge in [-0.2, -0.15) is 0 Å². The molecular formula is C9H15Cl2O2PS. The average Bonchev–Trinajstić information content (AvgIpc) is 2.16. The molecule has 1 atom stereocenters. The molecule has 0 saturated carbocycles. The third-order valence-corrected chi connectivity index (χ3v) is 4.35. The molecule has 6 heteroatoms. The van der Waals surface area contributed by atoms with Crippen LogP contribution in [0.5, 0.6) is 0 Å². The van der Waals surface area contributed by atoms with E-state index in [9.17, 15) is 0 Å². The standard InChI is InChI=1S/C9H15Cl2O2PS/c1-3-5-6-12-14(15,7-4-2)13-8-9(10)11/h4,8H,2-3,5-7H2,1H3. The second kappa shape index (κ2) is 8.60. The molecule has 0 aromatic heterocycles. The van der Waals surface area contributed by atoms with Gasteiger partial charge in [-0.3, -0.25) is 0 Å². The van der Waals surface area contributed by atoms with Crippen LogP contribution in [-0.4, -0.2) is 12.8 Å². The van der Waals surface area contributed by atoms with Crippen molar-refractivity contribution in [1.29, 1.82) is 0 Å². The summed E-state index contributed by atoms with van der Waals surface area (Å²) < 4.78 is 10.9. The summed E-state index contributed by atoms with van der Waals surface area (Å²) in [6, 6.07) is 0. The molecule has 0 spiro atoms. The summed E-state index contributed by atoms with van der Waals surface area (Å²) in [5.74, 6) is 0. The molecule has 0 aromatic rings. The minimum Gasteiger partial charge on any atom is -0.448 e. The highest BCUT2D eigenvalue weighted by Crippen LogP contribution is 2.49. The fourth-order valence-corrected chi connectivity index (χ4v) is 2.88. The van der Waals surface area contributed by atoms with Crippen LogP contribution in [-0.2, 0) is 20.9 Å². The van der Waals surface area contributed by atoms with Crippen molar-refractivity contribution in [2.24, 2.45) is 0 Å². The van der Waals surface area contributed by atoms with Gasteiger partial charge in [-0.25, -0.2) is 0 Å². The predicted octanol–water partition coefficient (Wildman–Crippen LogP) is 4.59. The number of allylic oxidation sites excluding steroid dienone is 1. The van der Waals surface area contributed by atoms with Crippen LogP contribution in [0.15, 0.2) is 23.4 Å². The summed E-state index contributed by atoms with van der Waals surface area (Å²) in [5.41, 5.74) is 0.